The SMILES string of the molecule is C=CCNCc1ccc(-c2cc(Cl)ccc2Cl)o1.Cl. The second-order valence-corrected chi connectivity index (χ2v) is 4.65. The van der Waals surface area contributed by atoms with E-state index in [9.17, 15) is 0 Å². The lowest BCUT2D eigenvalue weighted by molar-refractivity contribution is 0.502. The maximum absolute atomic E-state index is 6.12. The van der Waals surface area contributed by atoms with Crippen molar-refractivity contribution in [3.63, 3.8) is 0 Å². The van der Waals surface area contributed by atoms with Crippen molar-refractivity contribution in [3.05, 3.63) is 58.8 Å². The fourth-order valence-electron chi connectivity index (χ4n) is 1.60. The van der Waals surface area contributed by atoms with Crippen molar-refractivity contribution in [3.8, 4) is 11.3 Å². The number of rotatable bonds is 5. The van der Waals surface area contributed by atoms with Gasteiger partial charge in [0.05, 0.1) is 11.6 Å². The summed E-state index contributed by atoms with van der Waals surface area (Å²) in [7, 11) is 0. The first-order valence-electron chi connectivity index (χ1n) is 5.56. The Morgan fingerprint density at radius 3 is 2.74 bits per heavy atom. The van der Waals surface area contributed by atoms with Gasteiger partial charge < -0.3 is 9.73 Å². The van der Waals surface area contributed by atoms with Crippen LogP contribution in [0.2, 0.25) is 10.0 Å². The van der Waals surface area contributed by atoms with Crippen LogP contribution in [-0.4, -0.2) is 6.54 Å². The van der Waals surface area contributed by atoms with Crippen molar-refractivity contribution < 1.29 is 4.42 Å². The first-order chi connectivity index (χ1) is 8.70. The van der Waals surface area contributed by atoms with Gasteiger partial charge in [0.2, 0.25) is 0 Å². The quantitative estimate of drug-likeness (QED) is 0.623. The topological polar surface area (TPSA) is 25.2 Å². The van der Waals surface area contributed by atoms with Gasteiger partial charge in [-0.1, -0.05) is 29.3 Å². The van der Waals surface area contributed by atoms with Crippen molar-refractivity contribution in [1.82, 2.24) is 5.32 Å². The normalized spacial score (nSPS) is 10.0. The van der Waals surface area contributed by atoms with E-state index in [2.05, 4.69) is 11.9 Å². The zero-order valence-corrected chi connectivity index (χ0v) is 12.5. The predicted molar refractivity (Wildman–Crippen MR) is 83.3 cm³/mol. The van der Waals surface area contributed by atoms with E-state index >= 15 is 0 Å². The molecular weight excluding hydrogens is 305 g/mol. The number of benzene rings is 1. The van der Waals surface area contributed by atoms with E-state index in [1.165, 1.54) is 0 Å². The molecule has 0 atom stereocenters. The maximum atomic E-state index is 6.12. The second-order valence-electron chi connectivity index (χ2n) is 3.81. The minimum atomic E-state index is 0. The monoisotopic (exact) mass is 317 g/mol. The van der Waals surface area contributed by atoms with Gasteiger partial charge in [-0.05, 0) is 30.3 Å². The number of halogens is 3. The molecule has 0 unspecified atom stereocenters. The van der Waals surface area contributed by atoms with E-state index in [0.29, 0.717) is 16.6 Å². The van der Waals surface area contributed by atoms with Crippen LogP contribution in [0.25, 0.3) is 11.3 Å². The summed E-state index contributed by atoms with van der Waals surface area (Å²) in [4.78, 5) is 0. The predicted octanol–water partition coefficient (Wildman–Crippen LogP) is 4.95. The van der Waals surface area contributed by atoms with Gasteiger partial charge in [-0.15, -0.1) is 19.0 Å². The zero-order valence-electron chi connectivity index (χ0n) is 10.2. The molecule has 2 nitrogen and oxygen atoms in total. The lowest BCUT2D eigenvalue weighted by Gasteiger charge is -2.02. The lowest BCUT2D eigenvalue weighted by Crippen LogP contribution is -2.11. The molecule has 1 aromatic heterocycles. The average molecular weight is 319 g/mol. The second kappa shape index (κ2) is 7.61. The molecule has 0 aliphatic heterocycles. The molecule has 19 heavy (non-hydrogen) atoms. The summed E-state index contributed by atoms with van der Waals surface area (Å²) in [5.74, 6) is 1.57. The van der Waals surface area contributed by atoms with Crippen molar-refractivity contribution in [2.45, 2.75) is 6.54 Å². The minimum Gasteiger partial charge on any atom is -0.460 e. The Hall–Kier alpha value is -0.930. The van der Waals surface area contributed by atoms with Gasteiger partial charge in [-0.25, -0.2) is 0 Å². The molecule has 0 bridgehead atoms. The van der Waals surface area contributed by atoms with E-state index in [1.807, 2.05) is 12.1 Å². The van der Waals surface area contributed by atoms with Crippen LogP contribution in [-0.2, 0) is 6.54 Å². The van der Waals surface area contributed by atoms with Crippen LogP contribution < -0.4 is 5.32 Å². The Balaban J connectivity index is 0.00000180. The fraction of sp³-hybridized carbons (Fsp3) is 0.143. The molecule has 0 amide bonds. The van der Waals surface area contributed by atoms with Crippen LogP contribution in [0.15, 0.2) is 47.4 Å². The molecule has 0 saturated carbocycles. The van der Waals surface area contributed by atoms with Gasteiger partial charge in [0.1, 0.15) is 11.5 Å². The summed E-state index contributed by atoms with van der Waals surface area (Å²) >= 11 is 12.1. The summed E-state index contributed by atoms with van der Waals surface area (Å²) in [5, 5.41) is 4.43. The first kappa shape index (κ1) is 16.1. The third-order valence-electron chi connectivity index (χ3n) is 2.44. The molecule has 1 heterocycles. The summed E-state index contributed by atoms with van der Waals surface area (Å²) in [6.07, 6.45) is 1.80. The Kier molecular flexibility index (Phi) is 6.46. The largest absolute Gasteiger partial charge is 0.460 e. The third-order valence-corrected chi connectivity index (χ3v) is 3.01. The molecule has 1 N–H and O–H groups in total. The van der Waals surface area contributed by atoms with Crippen LogP contribution in [0.3, 0.4) is 0 Å². The first-order valence-corrected chi connectivity index (χ1v) is 6.32. The Morgan fingerprint density at radius 2 is 2.00 bits per heavy atom. The summed E-state index contributed by atoms with van der Waals surface area (Å²) in [6, 6.07) is 9.12. The maximum Gasteiger partial charge on any atom is 0.135 e. The van der Waals surface area contributed by atoms with Crippen molar-refractivity contribution in [2.24, 2.45) is 0 Å². The van der Waals surface area contributed by atoms with Crippen molar-refractivity contribution in [2.75, 3.05) is 6.54 Å². The number of nitrogens with one attached hydrogen (secondary N) is 1. The van der Waals surface area contributed by atoms with Crippen LogP contribution in [0, 0.1) is 0 Å². The third kappa shape index (κ3) is 4.29. The Labute approximate surface area is 128 Å². The molecular formula is C14H14Cl3NO. The summed E-state index contributed by atoms with van der Waals surface area (Å²) in [6.45, 7) is 5.04. The van der Waals surface area contributed by atoms with Crippen molar-refractivity contribution in [1.29, 1.82) is 0 Å². The van der Waals surface area contributed by atoms with Crippen LogP contribution in [0.4, 0.5) is 0 Å². The van der Waals surface area contributed by atoms with Crippen LogP contribution in [0.1, 0.15) is 5.76 Å². The molecule has 102 valence electrons. The molecule has 5 heteroatoms. The number of hydrogen-bond acceptors (Lipinski definition) is 2. The molecule has 0 saturated heterocycles. The van der Waals surface area contributed by atoms with E-state index in [0.717, 1.165) is 23.6 Å². The molecule has 0 aliphatic rings. The highest BCUT2D eigenvalue weighted by Gasteiger charge is 2.09. The fourth-order valence-corrected chi connectivity index (χ4v) is 1.98. The van der Waals surface area contributed by atoms with Gasteiger partial charge in [0, 0.05) is 17.1 Å². The highest BCUT2D eigenvalue weighted by Crippen LogP contribution is 2.31. The van der Waals surface area contributed by atoms with Gasteiger partial charge in [0.15, 0.2) is 0 Å². The van der Waals surface area contributed by atoms with Crippen LogP contribution in [0.5, 0.6) is 0 Å². The van der Waals surface area contributed by atoms with Gasteiger partial charge in [-0.2, -0.15) is 0 Å². The zero-order chi connectivity index (χ0) is 13.0. The Morgan fingerprint density at radius 1 is 1.21 bits per heavy atom. The lowest BCUT2D eigenvalue weighted by atomic mass is 10.2. The van der Waals surface area contributed by atoms with E-state index in [-0.39, 0.29) is 12.4 Å². The molecule has 1 aromatic carbocycles. The highest BCUT2D eigenvalue weighted by molar-refractivity contribution is 6.35. The van der Waals surface area contributed by atoms with Gasteiger partial charge in [-0.3, -0.25) is 0 Å². The average Bonchev–Trinajstić information content (AvgIpc) is 2.81. The van der Waals surface area contributed by atoms with Crippen LogP contribution >= 0.6 is 35.6 Å². The van der Waals surface area contributed by atoms with Gasteiger partial charge in [0.25, 0.3) is 0 Å². The van der Waals surface area contributed by atoms with E-state index in [4.69, 9.17) is 27.6 Å². The highest BCUT2D eigenvalue weighted by atomic mass is 35.5. The van der Waals surface area contributed by atoms with Gasteiger partial charge >= 0.3 is 0 Å². The van der Waals surface area contributed by atoms with E-state index in [1.54, 1.807) is 24.3 Å². The summed E-state index contributed by atoms with van der Waals surface area (Å²) < 4.78 is 5.71. The molecule has 0 spiro atoms. The summed E-state index contributed by atoms with van der Waals surface area (Å²) in [5.41, 5.74) is 0.805. The van der Waals surface area contributed by atoms with E-state index < -0.39 is 0 Å². The molecule has 2 aromatic rings. The minimum absolute atomic E-state index is 0. The smallest absolute Gasteiger partial charge is 0.135 e. The standard InChI is InChI=1S/C14H13Cl2NO.ClH/c1-2-7-17-9-11-4-6-14(18-11)12-8-10(15)3-5-13(12)16;/h2-6,8,17H,1,7,9H2;1H. The number of hydrogen-bond donors (Lipinski definition) is 1. The molecule has 2 rings (SSSR count). The van der Waals surface area contributed by atoms with Crippen molar-refractivity contribution >= 4 is 35.6 Å². The Bertz CT molecular complexity index is 551. The molecule has 0 radical (unpaired) electrons. The number of furan rings is 1. The molecule has 0 aliphatic carbocycles. The molecule has 0 fully saturated rings.